The van der Waals surface area contributed by atoms with Crippen LogP contribution in [0, 0.1) is 18.6 Å². The van der Waals surface area contributed by atoms with Crippen molar-refractivity contribution < 1.29 is 32.6 Å². The van der Waals surface area contributed by atoms with E-state index in [0.717, 1.165) is 6.07 Å². The average molecular weight is 459 g/mol. The van der Waals surface area contributed by atoms with Crippen LogP contribution in [0.5, 0.6) is 0 Å². The van der Waals surface area contributed by atoms with E-state index in [1.807, 2.05) is 0 Å². The van der Waals surface area contributed by atoms with Gasteiger partial charge in [-0.1, -0.05) is 0 Å². The summed E-state index contributed by atoms with van der Waals surface area (Å²) in [5.41, 5.74) is 1.88. The molecule has 1 amide bonds. The lowest BCUT2D eigenvalue weighted by Crippen LogP contribution is -2.46. The molecule has 0 spiro atoms. The molecule has 0 bridgehead atoms. The Balaban J connectivity index is 1.78. The number of pyridine rings is 1. The number of halogens is 2. The van der Waals surface area contributed by atoms with Gasteiger partial charge in [-0.05, 0) is 36.8 Å². The molecular weight excluding hydrogens is 436 g/mol. The predicted molar refractivity (Wildman–Crippen MR) is 114 cm³/mol. The standard InChI is InChI=1S/C23H23F2N3O5/c1-13-8-20-26-21(16-5-4-14(9-17(16)24)22(29)31-2)19(28(20)12-18(13)25)10-15-11-27(6-7-33-15)23(30)32-3/h4-5,8-9,12,15H,6-7,10-11H2,1-3H3/t15-/m0/s1. The lowest BCUT2D eigenvalue weighted by molar-refractivity contribution is -0.0241. The lowest BCUT2D eigenvalue weighted by Gasteiger charge is -2.32. The SMILES string of the molecule is COC(=O)c1ccc(-c2nc3cc(C)c(F)cn3c2C[C@H]2CN(C(=O)OC)CCO2)c(F)c1. The minimum absolute atomic E-state index is 0.0651. The Morgan fingerprint density at radius 2 is 1.97 bits per heavy atom. The van der Waals surface area contributed by atoms with Crippen LogP contribution < -0.4 is 0 Å². The van der Waals surface area contributed by atoms with E-state index in [9.17, 15) is 14.0 Å². The number of fused-ring (bicyclic) bond motifs is 1. The Morgan fingerprint density at radius 1 is 1.18 bits per heavy atom. The van der Waals surface area contributed by atoms with Gasteiger partial charge in [-0.3, -0.25) is 0 Å². The van der Waals surface area contributed by atoms with Gasteiger partial charge in [0.1, 0.15) is 17.3 Å². The van der Waals surface area contributed by atoms with Crippen LogP contribution in [0.3, 0.4) is 0 Å². The van der Waals surface area contributed by atoms with E-state index in [1.54, 1.807) is 17.4 Å². The highest BCUT2D eigenvalue weighted by Crippen LogP contribution is 2.30. The molecule has 4 rings (SSSR count). The van der Waals surface area contributed by atoms with Crippen molar-refractivity contribution in [3.8, 4) is 11.3 Å². The Kier molecular flexibility index (Phi) is 6.28. The van der Waals surface area contributed by atoms with Gasteiger partial charge in [0, 0.05) is 24.7 Å². The van der Waals surface area contributed by atoms with Gasteiger partial charge in [0.15, 0.2) is 0 Å². The molecule has 1 fully saturated rings. The minimum atomic E-state index is -0.666. The van der Waals surface area contributed by atoms with E-state index in [-0.39, 0.29) is 24.1 Å². The molecule has 0 N–H and O–H groups in total. The molecule has 8 nitrogen and oxygen atoms in total. The molecule has 1 aliphatic heterocycles. The van der Waals surface area contributed by atoms with E-state index < -0.39 is 29.8 Å². The fourth-order valence-electron chi connectivity index (χ4n) is 3.93. The molecule has 1 saturated heterocycles. The van der Waals surface area contributed by atoms with Gasteiger partial charge in [-0.15, -0.1) is 0 Å². The third kappa shape index (κ3) is 4.38. The van der Waals surface area contributed by atoms with Crippen LogP contribution in [0.2, 0.25) is 0 Å². The molecule has 1 aliphatic rings. The van der Waals surface area contributed by atoms with Gasteiger partial charge in [-0.25, -0.2) is 23.4 Å². The molecule has 33 heavy (non-hydrogen) atoms. The van der Waals surface area contributed by atoms with E-state index in [1.165, 1.54) is 37.4 Å². The maximum absolute atomic E-state index is 15.1. The van der Waals surface area contributed by atoms with Crippen molar-refractivity contribution in [1.82, 2.24) is 14.3 Å². The third-order valence-corrected chi connectivity index (χ3v) is 5.64. The minimum Gasteiger partial charge on any atom is -0.465 e. The van der Waals surface area contributed by atoms with E-state index in [4.69, 9.17) is 9.47 Å². The quantitative estimate of drug-likeness (QED) is 0.557. The van der Waals surface area contributed by atoms with Gasteiger partial charge < -0.3 is 23.5 Å². The summed E-state index contributed by atoms with van der Waals surface area (Å²) in [6, 6.07) is 5.54. The van der Waals surface area contributed by atoms with Gasteiger partial charge in [0.05, 0.1) is 50.4 Å². The van der Waals surface area contributed by atoms with Crippen LogP contribution in [0.4, 0.5) is 13.6 Å². The molecule has 0 unspecified atom stereocenters. The second-order valence-corrected chi connectivity index (χ2v) is 7.74. The number of hydrogen-bond acceptors (Lipinski definition) is 6. The Bertz CT molecular complexity index is 1230. The second kappa shape index (κ2) is 9.14. The molecule has 10 heteroatoms. The number of esters is 1. The zero-order valence-electron chi connectivity index (χ0n) is 18.4. The Morgan fingerprint density at radius 3 is 2.67 bits per heavy atom. The lowest BCUT2D eigenvalue weighted by atomic mass is 10.0. The summed E-state index contributed by atoms with van der Waals surface area (Å²) < 4.78 is 46.3. The number of aryl methyl sites for hydroxylation is 1. The van der Waals surface area contributed by atoms with Crippen molar-refractivity contribution in [1.29, 1.82) is 0 Å². The number of benzene rings is 1. The van der Waals surface area contributed by atoms with Crippen LogP contribution in [-0.2, 0) is 20.6 Å². The highest BCUT2D eigenvalue weighted by molar-refractivity contribution is 5.90. The van der Waals surface area contributed by atoms with Crippen molar-refractivity contribution in [2.75, 3.05) is 33.9 Å². The fraction of sp³-hybridized carbons (Fsp3) is 0.348. The first-order chi connectivity index (χ1) is 15.8. The molecule has 0 aliphatic carbocycles. The number of amides is 1. The van der Waals surface area contributed by atoms with E-state index in [0.29, 0.717) is 35.8 Å². The maximum Gasteiger partial charge on any atom is 0.409 e. The number of morpholine rings is 1. The van der Waals surface area contributed by atoms with Crippen molar-refractivity contribution in [2.24, 2.45) is 0 Å². The summed E-state index contributed by atoms with van der Waals surface area (Å²) in [6.45, 7) is 2.58. The summed E-state index contributed by atoms with van der Waals surface area (Å²) >= 11 is 0. The van der Waals surface area contributed by atoms with E-state index >= 15 is 4.39 Å². The summed E-state index contributed by atoms with van der Waals surface area (Å²) in [4.78, 5) is 29.8. The van der Waals surface area contributed by atoms with Crippen LogP contribution in [-0.4, -0.2) is 66.4 Å². The predicted octanol–water partition coefficient (Wildman–Crippen LogP) is 3.38. The number of ether oxygens (including phenoxy) is 3. The summed E-state index contributed by atoms with van der Waals surface area (Å²) in [5, 5.41) is 0. The molecule has 3 heterocycles. The van der Waals surface area contributed by atoms with Crippen LogP contribution >= 0.6 is 0 Å². The van der Waals surface area contributed by atoms with Crippen LogP contribution in [0.1, 0.15) is 21.6 Å². The maximum atomic E-state index is 15.1. The molecule has 3 aromatic rings. The van der Waals surface area contributed by atoms with Crippen LogP contribution in [0.25, 0.3) is 16.9 Å². The first-order valence-corrected chi connectivity index (χ1v) is 10.3. The highest BCUT2D eigenvalue weighted by atomic mass is 19.1. The topological polar surface area (TPSA) is 82.4 Å². The average Bonchev–Trinajstić information content (AvgIpc) is 3.14. The number of carbonyl (C=O) groups excluding carboxylic acids is 2. The smallest absolute Gasteiger partial charge is 0.409 e. The first-order valence-electron chi connectivity index (χ1n) is 10.3. The zero-order valence-corrected chi connectivity index (χ0v) is 18.4. The summed E-state index contributed by atoms with van der Waals surface area (Å²) in [6.07, 6.45) is 0.647. The van der Waals surface area contributed by atoms with E-state index in [2.05, 4.69) is 9.72 Å². The van der Waals surface area contributed by atoms with Crippen molar-refractivity contribution in [3.05, 3.63) is 58.9 Å². The number of carbonyl (C=O) groups is 2. The molecule has 1 atom stereocenters. The normalized spacial score (nSPS) is 16.2. The monoisotopic (exact) mass is 459 g/mol. The molecule has 0 saturated carbocycles. The molecular formula is C23H23F2N3O5. The second-order valence-electron chi connectivity index (χ2n) is 7.74. The number of imidazole rings is 1. The fourth-order valence-corrected chi connectivity index (χ4v) is 3.93. The van der Waals surface area contributed by atoms with Gasteiger partial charge in [0.25, 0.3) is 0 Å². The van der Waals surface area contributed by atoms with Crippen molar-refractivity contribution >= 4 is 17.7 Å². The Hall–Kier alpha value is -3.53. The largest absolute Gasteiger partial charge is 0.465 e. The number of hydrogen-bond donors (Lipinski definition) is 0. The molecule has 1 aromatic carbocycles. The van der Waals surface area contributed by atoms with Gasteiger partial charge in [-0.2, -0.15) is 0 Å². The third-order valence-electron chi connectivity index (χ3n) is 5.64. The highest BCUT2D eigenvalue weighted by Gasteiger charge is 2.28. The molecule has 2 aromatic heterocycles. The Labute approximate surface area is 188 Å². The number of rotatable bonds is 4. The van der Waals surface area contributed by atoms with Gasteiger partial charge in [0.2, 0.25) is 0 Å². The van der Waals surface area contributed by atoms with Crippen molar-refractivity contribution in [2.45, 2.75) is 19.4 Å². The molecule has 0 radical (unpaired) electrons. The first kappa shape index (κ1) is 22.7. The molecule has 174 valence electrons. The summed E-state index contributed by atoms with van der Waals surface area (Å²) in [5.74, 6) is -1.76. The van der Waals surface area contributed by atoms with Crippen molar-refractivity contribution in [3.63, 3.8) is 0 Å². The van der Waals surface area contributed by atoms with Gasteiger partial charge >= 0.3 is 12.1 Å². The number of aromatic nitrogens is 2. The number of nitrogens with zero attached hydrogens (tertiary/aromatic N) is 3. The zero-order chi connectivity index (χ0) is 23.7. The summed E-state index contributed by atoms with van der Waals surface area (Å²) in [7, 11) is 2.52. The number of methoxy groups -OCH3 is 2. The van der Waals surface area contributed by atoms with Crippen LogP contribution in [0.15, 0.2) is 30.5 Å².